The number of aromatic carboxylic acids is 1. The summed E-state index contributed by atoms with van der Waals surface area (Å²) in [6.45, 7) is 2.30. The second-order valence-corrected chi connectivity index (χ2v) is 4.33. The van der Waals surface area contributed by atoms with Crippen LogP contribution in [0.2, 0.25) is 0 Å². The van der Waals surface area contributed by atoms with Crippen molar-refractivity contribution in [2.75, 3.05) is 7.11 Å². The van der Waals surface area contributed by atoms with Crippen LogP contribution in [0.5, 0.6) is 11.5 Å². The molecule has 0 bridgehead atoms. The molecule has 0 aliphatic carbocycles. The molecule has 0 amide bonds. The lowest BCUT2D eigenvalue weighted by Crippen LogP contribution is -2.01. The van der Waals surface area contributed by atoms with Crippen molar-refractivity contribution in [2.45, 2.75) is 13.5 Å². The van der Waals surface area contributed by atoms with Gasteiger partial charge in [0.15, 0.2) is 11.5 Å². The van der Waals surface area contributed by atoms with Crippen molar-refractivity contribution in [3.63, 3.8) is 0 Å². The third-order valence-corrected chi connectivity index (χ3v) is 2.74. The number of carboxylic acids is 1. The van der Waals surface area contributed by atoms with E-state index in [1.807, 2.05) is 13.0 Å². The van der Waals surface area contributed by atoms with Crippen LogP contribution in [0.3, 0.4) is 0 Å². The maximum atomic E-state index is 10.9. The minimum Gasteiger partial charge on any atom is -0.493 e. The average molecular weight is 273 g/mol. The quantitative estimate of drug-likeness (QED) is 0.907. The lowest BCUT2D eigenvalue weighted by molar-refractivity contribution is 0.0696. The van der Waals surface area contributed by atoms with Crippen molar-refractivity contribution in [1.82, 2.24) is 4.98 Å². The van der Waals surface area contributed by atoms with Gasteiger partial charge in [0.05, 0.1) is 12.7 Å². The Kier molecular flexibility index (Phi) is 4.20. The van der Waals surface area contributed by atoms with E-state index in [4.69, 9.17) is 14.6 Å². The Labute approximate surface area is 116 Å². The summed E-state index contributed by atoms with van der Waals surface area (Å²) in [5.41, 5.74) is 2.15. The second-order valence-electron chi connectivity index (χ2n) is 4.33. The summed E-state index contributed by atoms with van der Waals surface area (Å²) in [5.74, 6) is -0.109. The van der Waals surface area contributed by atoms with E-state index in [2.05, 4.69) is 4.98 Å². The molecule has 0 aliphatic heterocycles. The van der Waals surface area contributed by atoms with Gasteiger partial charge in [0.25, 0.3) is 0 Å². The van der Waals surface area contributed by atoms with E-state index in [0.717, 1.165) is 11.1 Å². The molecule has 1 aromatic heterocycles. The fourth-order valence-corrected chi connectivity index (χ4v) is 1.78. The second kappa shape index (κ2) is 6.06. The molecule has 0 spiro atoms. The maximum Gasteiger partial charge on any atom is 0.335 e. The van der Waals surface area contributed by atoms with Gasteiger partial charge in [-0.05, 0) is 36.8 Å². The molecular weight excluding hydrogens is 258 g/mol. The van der Waals surface area contributed by atoms with E-state index < -0.39 is 5.97 Å². The van der Waals surface area contributed by atoms with Crippen LogP contribution in [0.25, 0.3) is 0 Å². The van der Waals surface area contributed by atoms with Gasteiger partial charge in [0.1, 0.15) is 6.61 Å². The van der Waals surface area contributed by atoms with Crippen LogP contribution in [0.4, 0.5) is 0 Å². The number of aryl methyl sites for hydroxylation is 1. The molecule has 0 atom stereocenters. The molecule has 0 radical (unpaired) electrons. The van der Waals surface area contributed by atoms with Crippen LogP contribution >= 0.6 is 0 Å². The van der Waals surface area contributed by atoms with Crippen LogP contribution in [0.1, 0.15) is 21.5 Å². The lowest BCUT2D eigenvalue weighted by Gasteiger charge is -2.11. The third-order valence-electron chi connectivity index (χ3n) is 2.74. The Balaban J connectivity index is 2.15. The first kappa shape index (κ1) is 13.9. The number of benzene rings is 1. The molecule has 1 heterocycles. The van der Waals surface area contributed by atoms with Gasteiger partial charge in [-0.2, -0.15) is 0 Å². The molecule has 1 aromatic carbocycles. The molecule has 5 heteroatoms. The number of ether oxygens (including phenoxy) is 2. The van der Waals surface area contributed by atoms with Gasteiger partial charge in [0, 0.05) is 18.0 Å². The molecule has 5 nitrogen and oxygen atoms in total. The normalized spacial score (nSPS) is 10.1. The minimum absolute atomic E-state index is 0.159. The molecule has 1 N–H and O–H groups in total. The minimum atomic E-state index is -1.00. The summed E-state index contributed by atoms with van der Waals surface area (Å²) in [6.07, 6.45) is 3.50. The topological polar surface area (TPSA) is 68.7 Å². The van der Waals surface area contributed by atoms with Gasteiger partial charge in [-0.1, -0.05) is 0 Å². The molecule has 0 fully saturated rings. The number of rotatable bonds is 5. The van der Waals surface area contributed by atoms with Crippen molar-refractivity contribution in [2.24, 2.45) is 0 Å². The highest BCUT2D eigenvalue weighted by Crippen LogP contribution is 2.28. The standard InChI is InChI=1S/C15H15NO4/c1-10-5-11(8-16-7-10)9-20-13-4-3-12(15(17)18)6-14(13)19-2/h3-8H,9H2,1-2H3,(H,17,18). The van der Waals surface area contributed by atoms with Gasteiger partial charge in [-0.25, -0.2) is 4.79 Å². The molecule has 104 valence electrons. The summed E-state index contributed by atoms with van der Waals surface area (Å²) in [4.78, 5) is 15.0. The predicted molar refractivity (Wildman–Crippen MR) is 73.3 cm³/mol. The predicted octanol–water partition coefficient (Wildman–Crippen LogP) is 2.68. The van der Waals surface area contributed by atoms with Crippen LogP contribution in [0.15, 0.2) is 36.7 Å². The van der Waals surface area contributed by atoms with Crippen LogP contribution in [0, 0.1) is 6.92 Å². The maximum absolute atomic E-state index is 10.9. The highest BCUT2D eigenvalue weighted by Gasteiger charge is 2.10. The number of nitrogens with zero attached hydrogens (tertiary/aromatic N) is 1. The zero-order chi connectivity index (χ0) is 14.5. The number of aromatic nitrogens is 1. The first-order valence-electron chi connectivity index (χ1n) is 6.05. The van der Waals surface area contributed by atoms with Crippen molar-refractivity contribution < 1.29 is 19.4 Å². The molecule has 0 unspecified atom stereocenters. The molecule has 0 saturated heterocycles. The highest BCUT2D eigenvalue weighted by atomic mass is 16.5. The average Bonchev–Trinajstić information content (AvgIpc) is 2.45. The first-order chi connectivity index (χ1) is 9.60. The largest absolute Gasteiger partial charge is 0.493 e. The first-order valence-corrected chi connectivity index (χ1v) is 6.05. The van der Waals surface area contributed by atoms with Crippen molar-refractivity contribution in [3.8, 4) is 11.5 Å². The third kappa shape index (κ3) is 3.26. The number of carbonyl (C=O) groups is 1. The van der Waals surface area contributed by atoms with Crippen LogP contribution < -0.4 is 9.47 Å². The summed E-state index contributed by atoms with van der Waals surface area (Å²) >= 11 is 0. The van der Waals surface area contributed by atoms with E-state index in [0.29, 0.717) is 18.1 Å². The summed E-state index contributed by atoms with van der Waals surface area (Å²) in [5, 5.41) is 8.93. The number of pyridine rings is 1. The lowest BCUT2D eigenvalue weighted by atomic mass is 10.2. The van der Waals surface area contributed by atoms with Crippen LogP contribution in [-0.2, 0) is 6.61 Å². The number of hydrogen-bond donors (Lipinski definition) is 1. The number of hydrogen-bond acceptors (Lipinski definition) is 4. The number of methoxy groups -OCH3 is 1. The van der Waals surface area contributed by atoms with Gasteiger partial charge in [-0.3, -0.25) is 4.98 Å². The van der Waals surface area contributed by atoms with Gasteiger partial charge >= 0.3 is 5.97 Å². The Morgan fingerprint density at radius 3 is 2.70 bits per heavy atom. The zero-order valence-corrected chi connectivity index (χ0v) is 11.3. The summed E-state index contributed by atoms with van der Waals surface area (Å²) in [7, 11) is 1.47. The summed E-state index contributed by atoms with van der Waals surface area (Å²) in [6, 6.07) is 6.48. The SMILES string of the molecule is COc1cc(C(=O)O)ccc1OCc1cncc(C)c1. The number of carboxylic acid groups (broad SMARTS) is 1. The molecule has 2 rings (SSSR count). The Morgan fingerprint density at radius 1 is 1.25 bits per heavy atom. The Bertz CT molecular complexity index is 625. The Morgan fingerprint density at radius 2 is 2.05 bits per heavy atom. The monoisotopic (exact) mass is 273 g/mol. The van der Waals surface area contributed by atoms with Gasteiger partial charge in [-0.15, -0.1) is 0 Å². The van der Waals surface area contributed by atoms with Gasteiger partial charge in [0.2, 0.25) is 0 Å². The zero-order valence-electron chi connectivity index (χ0n) is 11.3. The van der Waals surface area contributed by atoms with E-state index in [1.54, 1.807) is 18.5 Å². The molecular formula is C15H15NO4. The van der Waals surface area contributed by atoms with Crippen LogP contribution in [-0.4, -0.2) is 23.2 Å². The fourth-order valence-electron chi connectivity index (χ4n) is 1.78. The molecule has 0 aliphatic rings. The Hall–Kier alpha value is -2.56. The van der Waals surface area contributed by atoms with Crippen molar-refractivity contribution in [1.29, 1.82) is 0 Å². The van der Waals surface area contributed by atoms with Crippen molar-refractivity contribution in [3.05, 3.63) is 53.3 Å². The molecule has 2 aromatic rings. The molecule has 20 heavy (non-hydrogen) atoms. The summed E-state index contributed by atoms with van der Waals surface area (Å²) < 4.78 is 10.8. The highest BCUT2D eigenvalue weighted by molar-refractivity contribution is 5.88. The van der Waals surface area contributed by atoms with E-state index in [-0.39, 0.29) is 5.56 Å². The van der Waals surface area contributed by atoms with E-state index in [1.165, 1.54) is 19.2 Å². The van der Waals surface area contributed by atoms with E-state index in [9.17, 15) is 4.79 Å². The fraction of sp³-hybridized carbons (Fsp3) is 0.200. The molecule has 0 saturated carbocycles. The van der Waals surface area contributed by atoms with E-state index >= 15 is 0 Å². The van der Waals surface area contributed by atoms with Gasteiger partial charge < -0.3 is 14.6 Å². The smallest absolute Gasteiger partial charge is 0.335 e. The van der Waals surface area contributed by atoms with Crippen molar-refractivity contribution >= 4 is 5.97 Å².